The Morgan fingerprint density at radius 3 is 2.56 bits per heavy atom. The fraction of sp³-hybridized carbons (Fsp3) is 0.286. The van der Waals surface area contributed by atoms with E-state index in [4.69, 9.17) is 14.7 Å². The Labute approximate surface area is 200 Å². The number of hydrogen-bond acceptors (Lipinski definition) is 5. The summed E-state index contributed by atoms with van der Waals surface area (Å²) in [7, 11) is 0. The van der Waals surface area contributed by atoms with Gasteiger partial charge in [0.15, 0.2) is 6.61 Å². The first-order valence-corrected chi connectivity index (χ1v) is 11.6. The minimum Gasteiger partial charge on any atom is -0.482 e. The quantitative estimate of drug-likeness (QED) is 0.377. The minimum absolute atomic E-state index is 0.167. The van der Waals surface area contributed by atoms with E-state index < -0.39 is 5.97 Å². The van der Waals surface area contributed by atoms with Crippen molar-refractivity contribution in [3.05, 3.63) is 101 Å². The van der Waals surface area contributed by atoms with Crippen LogP contribution < -0.4 is 10.2 Å². The average Bonchev–Trinajstić information content (AvgIpc) is 2.87. The maximum atomic E-state index is 10.8. The number of carboxylic acid groups (broad SMARTS) is 1. The molecule has 0 saturated carbocycles. The molecule has 1 aromatic heterocycles. The van der Waals surface area contributed by atoms with E-state index in [-0.39, 0.29) is 18.8 Å². The van der Waals surface area contributed by atoms with Crippen molar-refractivity contribution in [3.8, 4) is 5.75 Å². The van der Waals surface area contributed by atoms with Crippen molar-refractivity contribution in [1.29, 1.82) is 0 Å². The molecule has 0 fully saturated rings. The Balaban J connectivity index is 1.34. The Bertz CT molecular complexity index is 1080. The third-order valence-electron chi connectivity index (χ3n) is 5.97. The first-order valence-electron chi connectivity index (χ1n) is 11.6. The third kappa shape index (κ3) is 6.31. The van der Waals surface area contributed by atoms with E-state index in [1.807, 2.05) is 42.5 Å². The molecule has 1 aliphatic carbocycles. The fourth-order valence-electron chi connectivity index (χ4n) is 4.17. The second kappa shape index (κ2) is 11.6. The number of rotatable bonds is 11. The van der Waals surface area contributed by atoms with Crippen LogP contribution in [0.3, 0.4) is 0 Å². The number of hydrogen-bond donors (Lipinski definition) is 2. The highest BCUT2D eigenvalue weighted by Crippen LogP contribution is 2.33. The van der Waals surface area contributed by atoms with E-state index in [0.717, 1.165) is 47.9 Å². The highest BCUT2D eigenvalue weighted by atomic mass is 16.7. The third-order valence-corrected chi connectivity index (χ3v) is 5.97. The molecule has 2 unspecified atom stereocenters. The van der Waals surface area contributed by atoms with Crippen LogP contribution in [0.4, 0.5) is 0 Å². The van der Waals surface area contributed by atoms with Gasteiger partial charge in [-0.3, -0.25) is 9.82 Å². The van der Waals surface area contributed by atoms with Gasteiger partial charge in [-0.15, -0.1) is 0 Å². The summed E-state index contributed by atoms with van der Waals surface area (Å²) in [6.07, 6.45) is 9.26. The number of allylic oxidation sites excluding steroid dienone is 1. The number of pyridine rings is 1. The van der Waals surface area contributed by atoms with Crippen LogP contribution in [0.5, 0.6) is 5.75 Å². The van der Waals surface area contributed by atoms with Crippen molar-refractivity contribution >= 4 is 12.0 Å². The van der Waals surface area contributed by atoms with Gasteiger partial charge in [-0.2, -0.15) is 5.48 Å². The zero-order valence-electron chi connectivity index (χ0n) is 19.3. The van der Waals surface area contributed by atoms with Crippen LogP contribution in [0, 0.1) is 0 Å². The first-order chi connectivity index (χ1) is 16.6. The predicted molar refractivity (Wildman–Crippen MR) is 131 cm³/mol. The normalized spacial score (nSPS) is 14.6. The molecule has 3 aromatic rings. The lowest BCUT2D eigenvalue weighted by Gasteiger charge is -2.23. The summed E-state index contributed by atoms with van der Waals surface area (Å²) in [6.45, 7) is 1.81. The van der Waals surface area contributed by atoms with Gasteiger partial charge >= 0.3 is 5.97 Å². The van der Waals surface area contributed by atoms with Crippen LogP contribution in [0.1, 0.15) is 54.5 Å². The number of carboxylic acids is 1. The standard InChI is InChI=1S/C28H30N2O4/c1-20(30-34-28(22-6-3-2-4-7-22)23-14-16-29-17-15-23)10-11-21-12-13-25-24(18-21)8-5-9-26(25)33-19-27(31)32/h2-9,14-18,20,28,30H,10-13,19H2,1H3,(H,31,32). The summed E-state index contributed by atoms with van der Waals surface area (Å²) in [5.41, 5.74) is 8.97. The molecule has 0 amide bonds. The van der Waals surface area contributed by atoms with Crippen LogP contribution in [0.2, 0.25) is 0 Å². The largest absolute Gasteiger partial charge is 0.482 e. The summed E-state index contributed by atoms with van der Waals surface area (Å²) >= 11 is 0. The van der Waals surface area contributed by atoms with Gasteiger partial charge in [0.05, 0.1) is 0 Å². The first kappa shape index (κ1) is 23.7. The van der Waals surface area contributed by atoms with Crippen molar-refractivity contribution in [1.82, 2.24) is 10.5 Å². The van der Waals surface area contributed by atoms with Crippen molar-refractivity contribution < 1.29 is 19.5 Å². The molecule has 1 aliphatic rings. The number of nitrogens with one attached hydrogen (secondary N) is 1. The smallest absolute Gasteiger partial charge is 0.341 e. The maximum absolute atomic E-state index is 10.8. The molecule has 0 saturated heterocycles. The Hall–Kier alpha value is -3.48. The number of carbonyl (C=O) groups is 1. The van der Waals surface area contributed by atoms with Gasteiger partial charge in [0, 0.05) is 24.0 Å². The Morgan fingerprint density at radius 2 is 1.79 bits per heavy atom. The zero-order chi connectivity index (χ0) is 23.8. The van der Waals surface area contributed by atoms with E-state index in [2.05, 4.69) is 41.7 Å². The SMILES string of the molecule is CC(CCC1=Cc2cccc(OCC(=O)O)c2CC1)NOC(c1ccccc1)c1ccncc1. The number of fused-ring (bicyclic) bond motifs is 1. The lowest BCUT2D eigenvalue weighted by atomic mass is 9.89. The highest BCUT2D eigenvalue weighted by Gasteiger charge is 2.18. The van der Waals surface area contributed by atoms with Gasteiger partial charge in [-0.1, -0.05) is 54.1 Å². The molecule has 0 bridgehead atoms. The fourth-order valence-corrected chi connectivity index (χ4v) is 4.17. The van der Waals surface area contributed by atoms with Crippen molar-refractivity contribution in [3.63, 3.8) is 0 Å². The molecule has 0 radical (unpaired) electrons. The number of hydroxylamine groups is 1. The van der Waals surface area contributed by atoms with Crippen LogP contribution >= 0.6 is 0 Å². The molecular formula is C28H30N2O4. The molecule has 2 aromatic carbocycles. The average molecular weight is 459 g/mol. The van der Waals surface area contributed by atoms with Crippen molar-refractivity contribution in [2.24, 2.45) is 0 Å². The van der Waals surface area contributed by atoms with Gasteiger partial charge in [-0.05, 0) is 67.5 Å². The summed E-state index contributed by atoms with van der Waals surface area (Å²) in [5, 5.41) is 8.89. The molecule has 2 N–H and O–H groups in total. The molecule has 0 aliphatic heterocycles. The van der Waals surface area contributed by atoms with Crippen LogP contribution in [0.25, 0.3) is 6.08 Å². The minimum atomic E-state index is -0.966. The van der Waals surface area contributed by atoms with E-state index in [9.17, 15) is 4.79 Å². The lowest BCUT2D eigenvalue weighted by Crippen LogP contribution is -2.28. The van der Waals surface area contributed by atoms with E-state index >= 15 is 0 Å². The second-order valence-corrected chi connectivity index (χ2v) is 8.56. The molecule has 6 nitrogen and oxygen atoms in total. The second-order valence-electron chi connectivity index (χ2n) is 8.56. The predicted octanol–water partition coefficient (Wildman–Crippen LogP) is 5.35. The van der Waals surface area contributed by atoms with Crippen LogP contribution in [0.15, 0.2) is 78.6 Å². The van der Waals surface area contributed by atoms with Crippen LogP contribution in [-0.2, 0) is 16.1 Å². The Morgan fingerprint density at radius 1 is 1.03 bits per heavy atom. The van der Waals surface area contributed by atoms with E-state index in [1.165, 1.54) is 5.57 Å². The number of ether oxygens (including phenoxy) is 1. The maximum Gasteiger partial charge on any atom is 0.341 e. The number of nitrogens with zero attached hydrogens (tertiary/aromatic N) is 1. The molecule has 1 heterocycles. The highest BCUT2D eigenvalue weighted by molar-refractivity contribution is 5.69. The summed E-state index contributed by atoms with van der Waals surface area (Å²) in [6, 6.07) is 20.1. The van der Waals surface area contributed by atoms with Gasteiger partial charge < -0.3 is 9.84 Å². The van der Waals surface area contributed by atoms with Gasteiger partial charge in [0.25, 0.3) is 0 Å². The number of aromatic nitrogens is 1. The van der Waals surface area contributed by atoms with E-state index in [0.29, 0.717) is 5.75 Å². The monoisotopic (exact) mass is 458 g/mol. The summed E-state index contributed by atoms with van der Waals surface area (Å²) in [5.74, 6) is -0.298. The van der Waals surface area contributed by atoms with Gasteiger partial charge in [0.1, 0.15) is 11.9 Å². The molecule has 6 heteroatoms. The number of benzene rings is 2. The molecule has 0 spiro atoms. The van der Waals surface area contributed by atoms with Gasteiger partial charge in [0.2, 0.25) is 0 Å². The van der Waals surface area contributed by atoms with Crippen molar-refractivity contribution in [2.45, 2.75) is 44.8 Å². The van der Waals surface area contributed by atoms with Crippen molar-refractivity contribution in [2.75, 3.05) is 6.61 Å². The lowest BCUT2D eigenvalue weighted by molar-refractivity contribution is -0.139. The summed E-state index contributed by atoms with van der Waals surface area (Å²) in [4.78, 5) is 21.1. The topological polar surface area (TPSA) is 80.7 Å². The molecule has 2 atom stereocenters. The molecule has 34 heavy (non-hydrogen) atoms. The van der Waals surface area contributed by atoms with Gasteiger partial charge in [-0.25, -0.2) is 4.79 Å². The Kier molecular flexibility index (Phi) is 8.07. The summed E-state index contributed by atoms with van der Waals surface area (Å²) < 4.78 is 5.47. The molecule has 4 rings (SSSR count). The van der Waals surface area contributed by atoms with E-state index in [1.54, 1.807) is 12.4 Å². The van der Waals surface area contributed by atoms with Crippen LogP contribution in [-0.4, -0.2) is 28.7 Å². The number of aliphatic carboxylic acids is 1. The molecule has 176 valence electrons. The zero-order valence-corrected chi connectivity index (χ0v) is 19.3. The molecular weight excluding hydrogens is 428 g/mol.